The van der Waals surface area contributed by atoms with Crippen molar-refractivity contribution < 1.29 is 12.8 Å². The SMILES string of the molecule is Cl.O=S(=O)(c1cc(Cl)c(Br)cc1F)N1C2CCNCC1CC2. The van der Waals surface area contributed by atoms with Crippen molar-refractivity contribution in [2.75, 3.05) is 13.1 Å². The van der Waals surface area contributed by atoms with E-state index in [1.807, 2.05) is 0 Å². The van der Waals surface area contributed by atoms with Crippen molar-refractivity contribution in [3.63, 3.8) is 0 Å². The van der Waals surface area contributed by atoms with Crippen LogP contribution in [0, 0.1) is 5.82 Å². The summed E-state index contributed by atoms with van der Waals surface area (Å²) in [5.41, 5.74) is 0. The van der Waals surface area contributed by atoms with E-state index < -0.39 is 15.8 Å². The standard InChI is InChI=1S/C13H15BrClFN2O2S.ClH/c14-10-5-12(16)13(6-11(10)15)21(19,20)18-8-1-2-9(18)7-17-4-3-8;/h5-6,8-9,17H,1-4,7H2;1H. The molecule has 1 aromatic rings. The first kappa shape index (κ1) is 18.4. The van der Waals surface area contributed by atoms with Crippen LogP contribution >= 0.6 is 39.9 Å². The molecule has 0 radical (unpaired) electrons. The van der Waals surface area contributed by atoms with Gasteiger partial charge in [-0.3, -0.25) is 0 Å². The van der Waals surface area contributed by atoms with Gasteiger partial charge in [0.25, 0.3) is 0 Å². The Labute approximate surface area is 149 Å². The van der Waals surface area contributed by atoms with Gasteiger partial charge in [0.15, 0.2) is 0 Å². The number of nitrogens with one attached hydrogen (secondary N) is 1. The van der Waals surface area contributed by atoms with E-state index in [-0.39, 0.29) is 34.4 Å². The topological polar surface area (TPSA) is 49.4 Å². The Morgan fingerprint density at radius 1 is 1.27 bits per heavy atom. The van der Waals surface area contributed by atoms with Gasteiger partial charge in [-0.05, 0) is 53.9 Å². The molecule has 0 spiro atoms. The molecule has 1 N–H and O–H groups in total. The molecule has 9 heteroatoms. The lowest BCUT2D eigenvalue weighted by molar-refractivity contribution is 0.333. The van der Waals surface area contributed by atoms with Crippen molar-refractivity contribution in [3.8, 4) is 0 Å². The molecule has 4 nitrogen and oxygen atoms in total. The third-order valence-electron chi connectivity index (χ3n) is 4.12. The molecule has 0 amide bonds. The minimum Gasteiger partial charge on any atom is -0.315 e. The number of rotatable bonds is 2. The molecule has 2 aliphatic rings. The minimum atomic E-state index is -3.88. The maximum atomic E-state index is 14.1. The van der Waals surface area contributed by atoms with Crippen LogP contribution in [-0.4, -0.2) is 37.9 Å². The Morgan fingerprint density at radius 2 is 1.95 bits per heavy atom. The lowest BCUT2D eigenvalue weighted by Gasteiger charge is -2.27. The molecule has 124 valence electrons. The molecule has 2 saturated heterocycles. The molecule has 2 heterocycles. The monoisotopic (exact) mass is 432 g/mol. The molecule has 2 atom stereocenters. The molecule has 2 fully saturated rings. The average molecular weight is 434 g/mol. The zero-order valence-corrected chi connectivity index (χ0v) is 15.5. The average Bonchev–Trinajstić information content (AvgIpc) is 2.68. The van der Waals surface area contributed by atoms with Gasteiger partial charge in [0.2, 0.25) is 10.0 Å². The summed E-state index contributed by atoms with van der Waals surface area (Å²) in [4.78, 5) is -0.338. The van der Waals surface area contributed by atoms with Crippen molar-refractivity contribution in [1.82, 2.24) is 9.62 Å². The summed E-state index contributed by atoms with van der Waals surface area (Å²) in [7, 11) is -3.88. The van der Waals surface area contributed by atoms with Gasteiger partial charge in [0, 0.05) is 23.1 Å². The van der Waals surface area contributed by atoms with Crippen molar-refractivity contribution in [3.05, 3.63) is 27.4 Å². The van der Waals surface area contributed by atoms with E-state index in [0.29, 0.717) is 11.0 Å². The van der Waals surface area contributed by atoms with Crippen LogP contribution in [0.4, 0.5) is 4.39 Å². The van der Waals surface area contributed by atoms with Gasteiger partial charge in [-0.2, -0.15) is 4.31 Å². The Bertz CT molecular complexity index is 660. The Kier molecular flexibility index (Phi) is 5.78. The van der Waals surface area contributed by atoms with Gasteiger partial charge < -0.3 is 5.32 Å². The lowest BCUT2D eigenvalue weighted by Crippen LogP contribution is -2.42. The molecule has 2 unspecified atom stereocenters. The molecular formula is C13H16BrCl2FN2O2S. The van der Waals surface area contributed by atoms with Crippen LogP contribution in [0.25, 0.3) is 0 Å². The van der Waals surface area contributed by atoms with Crippen LogP contribution in [0.5, 0.6) is 0 Å². The highest BCUT2D eigenvalue weighted by Crippen LogP contribution is 2.36. The predicted molar refractivity (Wildman–Crippen MR) is 89.7 cm³/mol. The molecule has 3 rings (SSSR count). The first-order valence-corrected chi connectivity index (χ1v) is 9.41. The second-order valence-corrected chi connectivity index (χ2v) is 8.48. The fraction of sp³-hybridized carbons (Fsp3) is 0.538. The van der Waals surface area contributed by atoms with E-state index in [9.17, 15) is 12.8 Å². The first-order chi connectivity index (χ1) is 9.91. The fourth-order valence-corrected chi connectivity index (χ4v) is 5.67. The molecule has 0 saturated carbocycles. The number of hydrogen-bond acceptors (Lipinski definition) is 3. The molecule has 0 aromatic heterocycles. The highest BCUT2D eigenvalue weighted by Gasteiger charge is 2.44. The van der Waals surface area contributed by atoms with Crippen LogP contribution in [0.1, 0.15) is 19.3 Å². The number of fused-ring (bicyclic) bond motifs is 2. The summed E-state index contributed by atoms with van der Waals surface area (Å²) in [5.74, 6) is -0.775. The largest absolute Gasteiger partial charge is 0.315 e. The van der Waals surface area contributed by atoms with Crippen molar-refractivity contribution >= 4 is 50.0 Å². The summed E-state index contributed by atoms with van der Waals surface area (Å²) in [6.07, 6.45) is 2.39. The van der Waals surface area contributed by atoms with Gasteiger partial charge in [-0.1, -0.05) is 11.6 Å². The summed E-state index contributed by atoms with van der Waals surface area (Å²) >= 11 is 9.04. The van der Waals surface area contributed by atoms with Crippen LogP contribution in [-0.2, 0) is 10.0 Å². The van der Waals surface area contributed by atoms with Gasteiger partial charge in [-0.25, -0.2) is 12.8 Å². The molecule has 22 heavy (non-hydrogen) atoms. The van der Waals surface area contributed by atoms with E-state index in [4.69, 9.17) is 11.6 Å². The minimum absolute atomic E-state index is 0. The van der Waals surface area contributed by atoms with E-state index >= 15 is 0 Å². The number of nitrogens with zero attached hydrogens (tertiary/aromatic N) is 1. The summed E-state index contributed by atoms with van der Waals surface area (Å²) < 4.78 is 41.7. The quantitative estimate of drug-likeness (QED) is 0.728. The maximum absolute atomic E-state index is 14.1. The summed E-state index contributed by atoms with van der Waals surface area (Å²) in [5, 5.41) is 3.42. The van der Waals surface area contributed by atoms with Gasteiger partial charge in [0.05, 0.1) is 5.02 Å². The molecule has 2 aliphatic heterocycles. The smallest absolute Gasteiger partial charge is 0.246 e. The zero-order chi connectivity index (χ0) is 15.2. The van der Waals surface area contributed by atoms with Crippen molar-refractivity contribution in [2.24, 2.45) is 0 Å². The van der Waals surface area contributed by atoms with Crippen LogP contribution in [0.15, 0.2) is 21.5 Å². The number of halogens is 4. The predicted octanol–water partition coefficient (Wildman–Crippen LogP) is 3.18. The maximum Gasteiger partial charge on any atom is 0.246 e. The van der Waals surface area contributed by atoms with E-state index in [2.05, 4.69) is 21.2 Å². The third kappa shape index (κ3) is 3.16. The highest BCUT2D eigenvalue weighted by atomic mass is 79.9. The summed E-state index contributed by atoms with van der Waals surface area (Å²) in [6, 6.07) is 2.13. The molecule has 1 aromatic carbocycles. The fourth-order valence-electron chi connectivity index (χ4n) is 3.15. The zero-order valence-electron chi connectivity index (χ0n) is 11.6. The lowest BCUT2D eigenvalue weighted by atomic mass is 10.1. The van der Waals surface area contributed by atoms with Gasteiger partial charge >= 0.3 is 0 Å². The van der Waals surface area contributed by atoms with Crippen molar-refractivity contribution in [1.29, 1.82) is 0 Å². The van der Waals surface area contributed by atoms with E-state index in [1.54, 1.807) is 0 Å². The van der Waals surface area contributed by atoms with Crippen LogP contribution in [0.2, 0.25) is 5.02 Å². The number of benzene rings is 1. The normalized spacial score (nSPS) is 25.6. The van der Waals surface area contributed by atoms with Gasteiger partial charge in [-0.15, -0.1) is 12.4 Å². The second-order valence-electron chi connectivity index (χ2n) is 5.41. The second kappa shape index (κ2) is 6.91. The van der Waals surface area contributed by atoms with Crippen molar-refractivity contribution in [2.45, 2.75) is 36.2 Å². The van der Waals surface area contributed by atoms with Crippen LogP contribution < -0.4 is 5.32 Å². The molecular weight excluding hydrogens is 418 g/mol. The molecule has 0 aliphatic carbocycles. The Balaban J connectivity index is 0.00000176. The first-order valence-electron chi connectivity index (χ1n) is 6.80. The highest BCUT2D eigenvalue weighted by molar-refractivity contribution is 9.10. The van der Waals surface area contributed by atoms with Crippen LogP contribution in [0.3, 0.4) is 0 Å². The van der Waals surface area contributed by atoms with Gasteiger partial charge in [0.1, 0.15) is 10.7 Å². The molecule has 2 bridgehead atoms. The van der Waals surface area contributed by atoms with E-state index in [1.165, 1.54) is 10.4 Å². The number of hydrogen-bond donors (Lipinski definition) is 1. The Morgan fingerprint density at radius 3 is 2.68 bits per heavy atom. The third-order valence-corrected chi connectivity index (χ3v) is 7.33. The number of sulfonamides is 1. The summed E-state index contributed by atoms with van der Waals surface area (Å²) in [6.45, 7) is 1.40. The Hall–Kier alpha value is 0.0800. The van der Waals surface area contributed by atoms with E-state index in [0.717, 1.165) is 31.9 Å².